The Hall–Kier alpha value is -3.00. The number of aromatic nitrogens is 1. The number of anilines is 2. The third kappa shape index (κ3) is 4.54. The lowest BCUT2D eigenvalue weighted by Crippen LogP contribution is -2.14. The van der Waals surface area contributed by atoms with Crippen LogP contribution in [-0.4, -0.2) is 13.4 Å². The molecule has 1 aromatic heterocycles. The molecule has 0 saturated carbocycles. The Morgan fingerprint density at radius 1 is 0.846 bits per heavy atom. The average molecular weight is 375 g/mol. The van der Waals surface area contributed by atoms with Gasteiger partial charge in [0.2, 0.25) is 0 Å². The quantitative estimate of drug-likeness (QED) is 0.688. The molecular formula is C18H15F2N3O2S. The SMILES string of the molecule is O=S(=O)(Nc1ccc(NCc2ccc(F)cc2)cn1)c1ccc(F)cc1. The highest BCUT2D eigenvalue weighted by Crippen LogP contribution is 2.17. The van der Waals surface area contributed by atoms with Crippen LogP contribution in [0.4, 0.5) is 20.3 Å². The summed E-state index contributed by atoms with van der Waals surface area (Å²) in [5, 5.41) is 3.10. The molecule has 8 heteroatoms. The maximum Gasteiger partial charge on any atom is 0.263 e. The predicted molar refractivity (Wildman–Crippen MR) is 95.2 cm³/mol. The molecule has 134 valence electrons. The predicted octanol–water partition coefficient (Wildman–Crippen LogP) is 3.77. The maximum atomic E-state index is 12.9. The topological polar surface area (TPSA) is 71.1 Å². The summed E-state index contributed by atoms with van der Waals surface area (Å²) in [6.07, 6.45) is 1.48. The van der Waals surface area contributed by atoms with E-state index in [1.165, 1.54) is 36.5 Å². The Labute approximate surface area is 149 Å². The minimum Gasteiger partial charge on any atom is -0.380 e. The molecule has 2 aromatic carbocycles. The lowest BCUT2D eigenvalue weighted by Gasteiger charge is -2.09. The molecule has 2 N–H and O–H groups in total. The molecule has 0 aliphatic rings. The molecule has 0 atom stereocenters. The Bertz CT molecular complexity index is 974. The fourth-order valence-corrected chi connectivity index (χ4v) is 3.18. The molecule has 3 rings (SSSR count). The van der Waals surface area contributed by atoms with Gasteiger partial charge in [-0.3, -0.25) is 4.72 Å². The molecule has 0 radical (unpaired) electrons. The molecule has 0 fully saturated rings. The Kier molecular flexibility index (Phi) is 5.13. The highest BCUT2D eigenvalue weighted by atomic mass is 32.2. The zero-order chi connectivity index (χ0) is 18.6. The van der Waals surface area contributed by atoms with Gasteiger partial charge in [0, 0.05) is 6.54 Å². The summed E-state index contributed by atoms with van der Waals surface area (Å²) in [6, 6.07) is 13.8. The number of nitrogens with zero attached hydrogens (tertiary/aromatic N) is 1. The number of rotatable bonds is 6. The first-order valence-electron chi connectivity index (χ1n) is 7.65. The average Bonchev–Trinajstić information content (AvgIpc) is 2.62. The van der Waals surface area contributed by atoms with Crippen molar-refractivity contribution in [3.05, 3.63) is 84.1 Å². The van der Waals surface area contributed by atoms with Crippen LogP contribution in [0.15, 0.2) is 71.8 Å². The zero-order valence-corrected chi connectivity index (χ0v) is 14.3. The minimum absolute atomic E-state index is 0.0563. The van der Waals surface area contributed by atoms with E-state index >= 15 is 0 Å². The zero-order valence-electron chi connectivity index (χ0n) is 13.5. The Balaban J connectivity index is 1.63. The van der Waals surface area contributed by atoms with E-state index in [4.69, 9.17) is 0 Å². The summed E-state index contributed by atoms with van der Waals surface area (Å²) in [5.74, 6) is -0.673. The highest BCUT2D eigenvalue weighted by molar-refractivity contribution is 7.92. The van der Waals surface area contributed by atoms with Gasteiger partial charge < -0.3 is 5.32 Å². The van der Waals surface area contributed by atoms with Gasteiger partial charge in [-0.25, -0.2) is 22.2 Å². The van der Waals surface area contributed by atoms with E-state index in [2.05, 4.69) is 15.0 Å². The normalized spacial score (nSPS) is 11.2. The summed E-state index contributed by atoms with van der Waals surface area (Å²) in [6.45, 7) is 0.475. The van der Waals surface area contributed by atoms with Gasteiger partial charge in [0.25, 0.3) is 10.0 Å². The van der Waals surface area contributed by atoms with Gasteiger partial charge >= 0.3 is 0 Å². The second-order valence-corrected chi connectivity index (χ2v) is 7.15. The summed E-state index contributed by atoms with van der Waals surface area (Å²) in [7, 11) is -3.84. The lowest BCUT2D eigenvalue weighted by molar-refractivity contribution is 0.599. The smallest absolute Gasteiger partial charge is 0.263 e. The van der Waals surface area contributed by atoms with Crippen molar-refractivity contribution in [3.63, 3.8) is 0 Å². The van der Waals surface area contributed by atoms with E-state index in [0.717, 1.165) is 17.7 Å². The third-order valence-corrected chi connectivity index (χ3v) is 4.91. The maximum absolute atomic E-state index is 12.9. The summed E-state index contributed by atoms with van der Waals surface area (Å²) in [4.78, 5) is 3.99. The number of hydrogen-bond donors (Lipinski definition) is 2. The van der Waals surface area contributed by atoms with Crippen molar-refractivity contribution in [2.75, 3.05) is 10.0 Å². The fourth-order valence-electron chi connectivity index (χ4n) is 2.18. The minimum atomic E-state index is -3.84. The second-order valence-electron chi connectivity index (χ2n) is 5.47. The van der Waals surface area contributed by atoms with Gasteiger partial charge in [0.1, 0.15) is 17.5 Å². The van der Waals surface area contributed by atoms with E-state index in [1.807, 2.05) is 0 Å². The first kappa shape index (κ1) is 17.8. The lowest BCUT2D eigenvalue weighted by atomic mass is 10.2. The summed E-state index contributed by atoms with van der Waals surface area (Å²) >= 11 is 0. The van der Waals surface area contributed by atoms with Gasteiger partial charge in [0.05, 0.1) is 16.8 Å². The number of halogens is 2. The van der Waals surface area contributed by atoms with E-state index in [1.54, 1.807) is 18.2 Å². The third-order valence-electron chi connectivity index (χ3n) is 3.54. The first-order chi connectivity index (χ1) is 12.4. The molecule has 0 amide bonds. The Morgan fingerprint density at radius 2 is 1.46 bits per heavy atom. The summed E-state index contributed by atoms with van der Waals surface area (Å²) < 4.78 is 52.5. The van der Waals surface area contributed by atoms with Crippen LogP contribution in [0.2, 0.25) is 0 Å². The molecule has 0 unspecified atom stereocenters. The molecule has 3 aromatic rings. The van der Waals surface area contributed by atoms with Gasteiger partial charge in [-0.2, -0.15) is 0 Å². The number of hydrogen-bond acceptors (Lipinski definition) is 4. The van der Waals surface area contributed by atoms with Crippen LogP contribution in [0.5, 0.6) is 0 Å². The fraction of sp³-hybridized carbons (Fsp3) is 0.0556. The second kappa shape index (κ2) is 7.49. The van der Waals surface area contributed by atoms with Crippen LogP contribution in [0.1, 0.15) is 5.56 Å². The molecule has 0 aliphatic heterocycles. The Morgan fingerprint density at radius 3 is 2.04 bits per heavy atom. The van der Waals surface area contributed by atoms with Crippen molar-refractivity contribution in [2.24, 2.45) is 0 Å². The van der Waals surface area contributed by atoms with Crippen LogP contribution >= 0.6 is 0 Å². The van der Waals surface area contributed by atoms with Crippen LogP contribution in [0.3, 0.4) is 0 Å². The number of benzene rings is 2. The van der Waals surface area contributed by atoms with Crippen LogP contribution in [0.25, 0.3) is 0 Å². The van der Waals surface area contributed by atoms with Crippen molar-refractivity contribution < 1.29 is 17.2 Å². The van der Waals surface area contributed by atoms with E-state index in [0.29, 0.717) is 12.2 Å². The molecular weight excluding hydrogens is 360 g/mol. The van der Waals surface area contributed by atoms with Crippen molar-refractivity contribution in [1.29, 1.82) is 0 Å². The first-order valence-corrected chi connectivity index (χ1v) is 9.13. The van der Waals surface area contributed by atoms with Crippen molar-refractivity contribution in [1.82, 2.24) is 4.98 Å². The van der Waals surface area contributed by atoms with Crippen molar-refractivity contribution in [2.45, 2.75) is 11.4 Å². The molecule has 0 spiro atoms. The van der Waals surface area contributed by atoms with E-state index < -0.39 is 15.8 Å². The number of nitrogens with one attached hydrogen (secondary N) is 2. The monoisotopic (exact) mass is 375 g/mol. The van der Waals surface area contributed by atoms with Crippen LogP contribution < -0.4 is 10.0 Å². The number of pyridine rings is 1. The highest BCUT2D eigenvalue weighted by Gasteiger charge is 2.14. The van der Waals surface area contributed by atoms with Gasteiger partial charge in [-0.05, 0) is 54.1 Å². The number of sulfonamides is 1. The van der Waals surface area contributed by atoms with E-state index in [9.17, 15) is 17.2 Å². The molecule has 5 nitrogen and oxygen atoms in total. The van der Waals surface area contributed by atoms with Crippen LogP contribution in [-0.2, 0) is 16.6 Å². The van der Waals surface area contributed by atoms with E-state index in [-0.39, 0.29) is 16.5 Å². The van der Waals surface area contributed by atoms with Gasteiger partial charge in [0.15, 0.2) is 0 Å². The van der Waals surface area contributed by atoms with Crippen molar-refractivity contribution >= 4 is 21.5 Å². The molecule has 26 heavy (non-hydrogen) atoms. The molecule has 0 bridgehead atoms. The molecule has 1 heterocycles. The molecule has 0 saturated heterocycles. The summed E-state index contributed by atoms with van der Waals surface area (Å²) in [5.41, 5.74) is 1.58. The standard InChI is InChI=1S/C18H15F2N3O2S/c19-14-3-1-13(2-4-14)11-21-16-7-10-18(22-12-16)23-26(24,25)17-8-5-15(20)6-9-17/h1-10,12,21H,11H2,(H,22,23). The van der Waals surface area contributed by atoms with Crippen molar-refractivity contribution in [3.8, 4) is 0 Å². The van der Waals surface area contributed by atoms with Gasteiger partial charge in [-0.1, -0.05) is 12.1 Å². The molecule has 0 aliphatic carbocycles. The largest absolute Gasteiger partial charge is 0.380 e. The van der Waals surface area contributed by atoms with Gasteiger partial charge in [-0.15, -0.1) is 0 Å². The van der Waals surface area contributed by atoms with Crippen LogP contribution in [0, 0.1) is 11.6 Å².